The molecule has 0 N–H and O–H groups in total. The normalized spacial score (nSPS) is 15.5. The molecule has 3 heterocycles. The van der Waals surface area contributed by atoms with Gasteiger partial charge in [0.2, 0.25) is 0 Å². The van der Waals surface area contributed by atoms with Crippen LogP contribution in [-0.4, -0.2) is 43.9 Å². The van der Waals surface area contributed by atoms with E-state index in [1.165, 1.54) is 0 Å². The third-order valence-corrected chi connectivity index (χ3v) is 4.46. The van der Waals surface area contributed by atoms with Gasteiger partial charge in [-0.25, -0.2) is 4.98 Å². The van der Waals surface area contributed by atoms with E-state index in [1.54, 1.807) is 11.6 Å². The van der Waals surface area contributed by atoms with Crippen molar-refractivity contribution in [1.82, 2.24) is 24.2 Å². The standard InChI is InChI=1S/C16H23N5O/c1-13-18-15-6-12-20(8-4-10-21-9-3-7-17-21)11-5-14(15)16(22)19(13)2/h3,7,9H,4-6,8,10-12H2,1-2H3. The number of aromatic nitrogens is 4. The second-order valence-electron chi connectivity index (χ2n) is 5.91. The van der Waals surface area contributed by atoms with Crippen molar-refractivity contribution in [1.29, 1.82) is 0 Å². The summed E-state index contributed by atoms with van der Waals surface area (Å²) in [5.41, 5.74) is 2.03. The van der Waals surface area contributed by atoms with Crippen molar-refractivity contribution in [2.24, 2.45) is 7.05 Å². The van der Waals surface area contributed by atoms with Crippen LogP contribution in [0.15, 0.2) is 23.3 Å². The van der Waals surface area contributed by atoms with Gasteiger partial charge >= 0.3 is 0 Å². The Morgan fingerprint density at radius 3 is 2.82 bits per heavy atom. The van der Waals surface area contributed by atoms with Gasteiger partial charge in [0.15, 0.2) is 0 Å². The summed E-state index contributed by atoms with van der Waals surface area (Å²) < 4.78 is 3.62. The summed E-state index contributed by atoms with van der Waals surface area (Å²) in [6.07, 6.45) is 6.55. The van der Waals surface area contributed by atoms with Crippen molar-refractivity contribution in [2.45, 2.75) is 32.7 Å². The lowest BCUT2D eigenvalue weighted by Crippen LogP contribution is -2.29. The molecular formula is C16H23N5O. The molecule has 0 spiro atoms. The Morgan fingerprint density at radius 2 is 2.05 bits per heavy atom. The van der Waals surface area contributed by atoms with E-state index in [2.05, 4.69) is 15.0 Å². The first-order chi connectivity index (χ1) is 10.6. The lowest BCUT2D eigenvalue weighted by Gasteiger charge is -2.19. The molecule has 0 radical (unpaired) electrons. The molecule has 0 aromatic carbocycles. The highest BCUT2D eigenvalue weighted by molar-refractivity contribution is 5.21. The van der Waals surface area contributed by atoms with Gasteiger partial charge in [0.25, 0.3) is 5.56 Å². The Labute approximate surface area is 130 Å². The largest absolute Gasteiger partial charge is 0.303 e. The van der Waals surface area contributed by atoms with Gasteiger partial charge in [0.05, 0.1) is 5.69 Å². The van der Waals surface area contributed by atoms with Crippen molar-refractivity contribution in [3.63, 3.8) is 0 Å². The predicted octanol–water partition coefficient (Wildman–Crippen LogP) is 0.776. The molecule has 2 aromatic rings. The third-order valence-electron chi connectivity index (χ3n) is 4.46. The molecule has 0 saturated carbocycles. The zero-order valence-electron chi connectivity index (χ0n) is 13.3. The van der Waals surface area contributed by atoms with Gasteiger partial charge in [-0.15, -0.1) is 0 Å². The second-order valence-corrected chi connectivity index (χ2v) is 5.91. The van der Waals surface area contributed by atoms with Crippen LogP contribution in [0.1, 0.15) is 23.5 Å². The summed E-state index contributed by atoms with van der Waals surface area (Å²) in [5.74, 6) is 0.802. The average Bonchev–Trinajstić information content (AvgIpc) is 2.94. The third kappa shape index (κ3) is 3.11. The molecule has 0 amide bonds. The lowest BCUT2D eigenvalue weighted by molar-refractivity contribution is 0.275. The second kappa shape index (κ2) is 6.44. The van der Waals surface area contributed by atoms with Crippen molar-refractivity contribution in [3.05, 3.63) is 45.9 Å². The molecule has 0 fully saturated rings. The number of hydrogen-bond donors (Lipinski definition) is 0. The molecule has 6 heteroatoms. The van der Waals surface area contributed by atoms with Crippen molar-refractivity contribution >= 4 is 0 Å². The summed E-state index contributed by atoms with van der Waals surface area (Å²) in [6.45, 7) is 5.79. The van der Waals surface area contributed by atoms with Crippen LogP contribution in [-0.2, 0) is 26.4 Å². The van der Waals surface area contributed by atoms with Crippen LogP contribution in [0.2, 0.25) is 0 Å². The Kier molecular flexibility index (Phi) is 4.38. The Hall–Kier alpha value is -1.95. The molecule has 0 aliphatic carbocycles. The fourth-order valence-corrected chi connectivity index (χ4v) is 3.03. The SMILES string of the molecule is Cc1nc2c(c(=O)n1C)CCN(CCCn1cccn1)CC2. The van der Waals surface area contributed by atoms with E-state index < -0.39 is 0 Å². The number of aryl methyl sites for hydroxylation is 2. The molecule has 22 heavy (non-hydrogen) atoms. The predicted molar refractivity (Wildman–Crippen MR) is 84.9 cm³/mol. The zero-order chi connectivity index (χ0) is 15.5. The van der Waals surface area contributed by atoms with Gasteiger partial charge < -0.3 is 4.90 Å². The van der Waals surface area contributed by atoms with Gasteiger partial charge in [0, 0.05) is 51.1 Å². The van der Waals surface area contributed by atoms with Crippen LogP contribution in [0.25, 0.3) is 0 Å². The number of hydrogen-bond acceptors (Lipinski definition) is 4. The van der Waals surface area contributed by atoms with Crippen LogP contribution < -0.4 is 5.56 Å². The van der Waals surface area contributed by atoms with Crippen LogP contribution in [0, 0.1) is 6.92 Å². The molecule has 0 atom stereocenters. The van der Waals surface area contributed by atoms with Crippen LogP contribution in [0.4, 0.5) is 0 Å². The van der Waals surface area contributed by atoms with Gasteiger partial charge in [-0.3, -0.25) is 14.0 Å². The highest BCUT2D eigenvalue weighted by atomic mass is 16.1. The molecule has 118 valence electrons. The first-order valence-corrected chi connectivity index (χ1v) is 7.90. The van der Waals surface area contributed by atoms with E-state index in [4.69, 9.17) is 0 Å². The van der Waals surface area contributed by atoms with Crippen LogP contribution >= 0.6 is 0 Å². The Bertz CT molecular complexity index is 689. The van der Waals surface area contributed by atoms with Gasteiger partial charge in [-0.2, -0.15) is 5.10 Å². The van der Waals surface area contributed by atoms with Gasteiger partial charge in [-0.05, 0) is 32.4 Å². The maximum atomic E-state index is 12.4. The molecule has 3 rings (SSSR count). The Morgan fingerprint density at radius 1 is 1.23 bits per heavy atom. The molecule has 2 aromatic heterocycles. The maximum absolute atomic E-state index is 12.4. The van der Waals surface area contributed by atoms with Crippen LogP contribution in [0.5, 0.6) is 0 Å². The lowest BCUT2D eigenvalue weighted by atomic mass is 10.1. The molecule has 0 unspecified atom stereocenters. The van der Waals surface area contributed by atoms with E-state index in [-0.39, 0.29) is 5.56 Å². The van der Waals surface area contributed by atoms with Crippen molar-refractivity contribution in [2.75, 3.05) is 19.6 Å². The smallest absolute Gasteiger partial charge is 0.256 e. The highest BCUT2D eigenvalue weighted by Crippen LogP contribution is 2.11. The topological polar surface area (TPSA) is 56.0 Å². The minimum Gasteiger partial charge on any atom is -0.303 e. The fourth-order valence-electron chi connectivity index (χ4n) is 3.03. The number of fused-ring (bicyclic) bond motifs is 1. The molecule has 0 saturated heterocycles. The van der Waals surface area contributed by atoms with Gasteiger partial charge in [0.1, 0.15) is 5.82 Å². The summed E-state index contributed by atoms with van der Waals surface area (Å²) in [6, 6.07) is 1.95. The molecular weight excluding hydrogens is 278 g/mol. The Balaban J connectivity index is 1.61. The molecule has 6 nitrogen and oxygen atoms in total. The summed E-state index contributed by atoms with van der Waals surface area (Å²) in [5, 5.41) is 4.22. The first kappa shape index (κ1) is 15.0. The number of rotatable bonds is 4. The minimum absolute atomic E-state index is 0.126. The van der Waals surface area contributed by atoms with Crippen molar-refractivity contribution < 1.29 is 0 Å². The monoisotopic (exact) mass is 301 g/mol. The maximum Gasteiger partial charge on any atom is 0.256 e. The van der Waals surface area contributed by atoms with E-state index in [0.717, 1.165) is 62.5 Å². The average molecular weight is 301 g/mol. The summed E-state index contributed by atoms with van der Waals surface area (Å²) >= 11 is 0. The zero-order valence-corrected chi connectivity index (χ0v) is 13.3. The minimum atomic E-state index is 0.126. The summed E-state index contributed by atoms with van der Waals surface area (Å²) in [7, 11) is 1.80. The molecule has 1 aliphatic rings. The molecule has 0 bridgehead atoms. The van der Waals surface area contributed by atoms with Crippen molar-refractivity contribution in [3.8, 4) is 0 Å². The number of nitrogens with zero attached hydrogens (tertiary/aromatic N) is 5. The van der Waals surface area contributed by atoms with Crippen LogP contribution in [0.3, 0.4) is 0 Å². The van der Waals surface area contributed by atoms with E-state index in [0.29, 0.717) is 0 Å². The first-order valence-electron chi connectivity index (χ1n) is 7.90. The van der Waals surface area contributed by atoms with E-state index in [9.17, 15) is 4.79 Å². The highest BCUT2D eigenvalue weighted by Gasteiger charge is 2.18. The quantitative estimate of drug-likeness (QED) is 0.837. The summed E-state index contributed by atoms with van der Waals surface area (Å²) in [4.78, 5) is 19.4. The van der Waals surface area contributed by atoms with Gasteiger partial charge in [-0.1, -0.05) is 0 Å². The fraction of sp³-hybridized carbons (Fsp3) is 0.562. The molecule has 1 aliphatic heterocycles. The van der Waals surface area contributed by atoms with E-state index in [1.807, 2.05) is 30.1 Å². The van der Waals surface area contributed by atoms with E-state index >= 15 is 0 Å².